The fraction of sp³-hybridized carbons (Fsp3) is 0.182. The number of hydrogen-bond acceptors (Lipinski definition) is 5. The fourth-order valence-electron chi connectivity index (χ4n) is 1.38. The van der Waals surface area contributed by atoms with Gasteiger partial charge in [0.1, 0.15) is 0 Å². The van der Waals surface area contributed by atoms with E-state index in [4.69, 9.17) is 11.6 Å². The van der Waals surface area contributed by atoms with Crippen molar-refractivity contribution >= 4 is 38.5 Å². The number of nitrogens with zero attached hydrogens (tertiary/aromatic N) is 1. The summed E-state index contributed by atoms with van der Waals surface area (Å²) in [5, 5.41) is 5.48. The van der Waals surface area contributed by atoms with Crippen molar-refractivity contribution in [2.75, 3.05) is 11.6 Å². The molecule has 1 N–H and O–H groups in total. The molecule has 0 bridgehead atoms. The molecule has 2 aromatic rings. The Morgan fingerprint density at radius 3 is 2.83 bits per heavy atom. The monoisotopic (exact) mass is 302 g/mol. The number of anilines is 1. The van der Waals surface area contributed by atoms with E-state index in [0.29, 0.717) is 17.3 Å². The van der Waals surface area contributed by atoms with Gasteiger partial charge in [-0.05, 0) is 18.2 Å². The maximum absolute atomic E-state index is 11.4. The van der Waals surface area contributed by atoms with Crippen molar-refractivity contribution in [3.8, 4) is 0 Å². The van der Waals surface area contributed by atoms with Crippen molar-refractivity contribution < 1.29 is 8.42 Å². The summed E-state index contributed by atoms with van der Waals surface area (Å²) in [6.07, 6.45) is 1.17. The number of sulfone groups is 1. The number of thiazole rings is 1. The summed E-state index contributed by atoms with van der Waals surface area (Å²) in [7, 11) is -3.23. The quantitative estimate of drug-likeness (QED) is 0.943. The van der Waals surface area contributed by atoms with Gasteiger partial charge >= 0.3 is 0 Å². The second kappa shape index (κ2) is 5.26. The van der Waals surface area contributed by atoms with E-state index in [0.717, 1.165) is 5.69 Å². The van der Waals surface area contributed by atoms with Gasteiger partial charge in [0.15, 0.2) is 9.84 Å². The van der Waals surface area contributed by atoms with Gasteiger partial charge in [0, 0.05) is 11.6 Å². The van der Waals surface area contributed by atoms with Gasteiger partial charge in [-0.2, -0.15) is 0 Å². The Kier molecular flexibility index (Phi) is 3.89. The van der Waals surface area contributed by atoms with Gasteiger partial charge in [0.25, 0.3) is 0 Å². The Balaban J connectivity index is 2.22. The molecule has 0 aliphatic carbocycles. The lowest BCUT2D eigenvalue weighted by atomic mass is 10.3. The van der Waals surface area contributed by atoms with E-state index in [2.05, 4.69) is 10.3 Å². The molecule has 1 heterocycles. The molecule has 2 rings (SSSR count). The van der Waals surface area contributed by atoms with Crippen LogP contribution in [0.15, 0.2) is 34.0 Å². The number of hydrogen-bond donors (Lipinski definition) is 1. The van der Waals surface area contributed by atoms with Crippen LogP contribution in [0, 0.1) is 0 Å². The SMILES string of the molecule is CS(=O)(=O)c1ccc(Cl)c(NCc2cscn2)c1. The summed E-state index contributed by atoms with van der Waals surface area (Å²) in [5.41, 5.74) is 3.22. The van der Waals surface area contributed by atoms with Crippen LogP contribution < -0.4 is 5.32 Å². The molecule has 1 aromatic heterocycles. The van der Waals surface area contributed by atoms with Crippen molar-refractivity contribution in [3.05, 3.63) is 39.8 Å². The van der Waals surface area contributed by atoms with Crippen LogP contribution in [0.25, 0.3) is 0 Å². The summed E-state index contributed by atoms with van der Waals surface area (Å²) in [6.45, 7) is 0.510. The van der Waals surface area contributed by atoms with E-state index in [-0.39, 0.29) is 4.90 Å². The highest BCUT2D eigenvalue weighted by atomic mass is 35.5. The molecular weight excluding hydrogens is 292 g/mol. The molecule has 0 aliphatic heterocycles. The molecule has 96 valence electrons. The zero-order chi connectivity index (χ0) is 13.2. The van der Waals surface area contributed by atoms with E-state index < -0.39 is 9.84 Å². The summed E-state index contributed by atoms with van der Waals surface area (Å²) in [5.74, 6) is 0. The summed E-state index contributed by atoms with van der Waals surface area (Å²) in [6, 6.07) is 4.59. The van der Waals surface area contributed by atoms with Crippen molar-refractivity contribution in [1.29, 1.82) is 0 Å². The molecule has 0 atom stereocenters. The Labute approximate surface area is 115 Å². The molecule has 0 fully saturated rings. The second-order valence-electron chi connectivity index (χ2n) is 3.75. The van der Waals surface area contributed by atoms with Crippen LogP contribution in [0.5, 0.6) is 0 Å². The first-order chi connectivity index (χ1) is 8.47. The highest BCUT2D eigenvalue weighted by molar-refractivity contribution is 7.90. The third-order valence-corrected chi connectivity index (χ3v) is 4.38. The minimum absolute atomic E-state index is 0.243. The first-order valence-electron chi connectivity index (χ1n) is 5.07. The first kappa shape index (κ1) is 13.3. The Bertz CT molecular complexity index is 639. The zero-order valence-electron chi connectivity index (χ0n) is 9.55. The van der Waals surface area contributed by atoms with Crippen LogP contribution in [0.4, 0.5) is 5.69 Å². The lowest BCUT2D eigenvalue weighted by molar-refractivity contribution is 0.602. The summed E-state index contributed by atoms with van der Waals surface area (Å²) < 4.78 is 22.9. The van der Waals surface area contributed by atoms with Crippen molar-refractivity contribution in [2.24, 2.45) is 0 Å². The largest absolute Gasteiger partial charge is 0.378 e. The summed E-state index contributed by atoms with van der Waals surface area (Å²) >= 11 is 7.52. The molecule has 0 aliphatic rings. The number of nitrogens with one attached hydrogen (secondary N) is 1. The molecule has 0 spiro atoms. The van der Waals surface area contributed by atoms with Crippen molar-refractivity contribution in [2.45, 2.75) is 11.4 Å². The van der Waals surface area contributed by atoms with E-state index >= 15 is 0 Å². The summed E-state index contributed by atoms with van der Waals surface area (Å²) in [4.78, 5) is 4.37. The van der Waals surface area contributed by atoms with Gasteiger partial charge in [-0.1, -0.05) is 11.6 Å². The van der Waals surface area contributed by atoms with Gasteiger partial charge in [-0.15, -0.1) is 11.3 Å². The molecule has 18 heavy (non-hydrogen) atoms. The van der Waals surface area contributed by atoms with Crippen LogP contribution in [0.3, 0.4) is 0 Å². The number of rotatable bonds is 4. The number of benzene rings is 1. The van der Waals surface area contributed by atoms with E-state index in [1.54, 1.807) is 11.6 Å². The molecule has 0 radical (unpaired) electrons. The Hall–Kier alpha value is -1.11. The molecule has 0 unspecified atom stereocenters. The van der Waals surface area contributed by atoms with Crippen LogP contribution in [0.2, 0.25) is 5.02 Å². The highest BCUT2D eigenvalue weighted by Gasteiger charge is 2.10. The predicted octanol–water partition coefficient (Wildman–Crippen LogP) is 2.81. The highest BCUT2D eigenvalue weighted by Crippen LogP contribution is 2.25. The van der Waals surface area contributed by atoms with Gasteiger partial charge in [-0.25, -0.2) is 13.4 Å². The van der Waals surface area contributed by atoms with E-state index in [9.17, 15) is 8.42 Å². The average Bonchev–Trinajstić information content (AvgIpc) is 2.79. The van der Waals surface area contributed by atoms with Gasteiger partial charge in [-0.3, -0.25) is 0 Å². The topological polar surface area (TPSA) is 59.1 Å². The minimum Gasteiger partial charge on any atom is -0.378 e. The lowest BCUT2D eigenvalue weighted by Crippen LogP contribution is -2.03. The number of halogens is 1. The van der Waals surface area contributed by atoms with Crippen molar-refractivity contribution in [1.82, 2.24) is 4.98 Å². The van der Waals surface area contributed by atoms with Crippen LogP contribution in [0.1, 0.15) is 5.69 Å². The predicted molar refractivity (Wildman–Crippen MR) is 74.0 cm³/mol. The normalized spacial score (nSPS) is 11.4. The molecular formula is C11H11ClN2O2S2. The Morgan fingerprint density at radius 2 is 2.22 bits per heavy atom. The van der Waals surface area contributed by atoms with Crippen LogP contribution >= 0.6 is 22.9 Å². The zero-order valence-corrected chi connectivity index (χ0v) is 11.9. The van der Waals surface area contributed by atoms with Crippen molar-refractivity contribution in [3.63, 3.8) is 0 Å². The smallest absolute Gasteiger partial charge is 0.175 e. The van der Waals surface area contributed by atoms with E-state index in [1.165, 1.54) is 29.7 Å². The standard InChI is InChI=1S/C11H11ClN2O2S2/c1-18(15,16)9-2-3-10(12)11(4-9)13-5-8-6-17-7-14-8/h2-4,6-7,13H,5H2,1H3. The van der Waals surface area contributed by atoms with Gasteiger partial charge in [0.2, 0.25) is 0 Å². The van der Waals surface area contributed by atoms with Crippen LogP contribution in [-0.2, 0) is 16.4 Å². The molecule has 1 aromatic carbocycles. The Morgan fingerprint density at radius 1 is 1.44 bits per heavy atom. The third kappa shape index (κ3) is 3.22. The lowest BCUT2D eigenvalue weighted by Gasteiger charge is -2.08. The van der Waals surface area contributed by atoms with Gasteiger partial charge < -0.3 is 5.32 Å². The molecule has 0 saturated heterocycles. The maximum Gasteiger partial charge on any atom is 0.175 e. The maximum atomic E-state index is 11.4. The molecule has 0 saturated carbocycles. The average molecular weight is 303 g/mol. The molecule has 0 amide bonds. The third-order valence-electron chi connectivity index (χ3n) is 2.31. The first-order valence-corrected chi connectivity index (χ1v) is 8.28. The van der Waals surface area contributed by atoms with Gasteiger partial charge in [0.05, 0.1) is 33.4 Å². The minimum atomic E-state index is -3.23. The second-order valence-corrected chi connectivity index (χ2v) is 6.89. The number of aromatic nitrogens is 1. The molecule has 7 heteroatoms. The van der Waals surface area contributed by atoms with Crippen LogP contribution in [-0.4, -0.2) is 19.7 Å². The molecule has 4 nitrogen and oxygen atoms in total. The fourth-order valence-corrected chi connectivity index (χ4v) is 2.77. The van der Waals surface area contributed by atoms with E-state index in [1.807, 2.05) is 5.38 Å².